The van der Waals surface area contributed by atoms with Crippen molar-refractivity contribution >= 4 is 39.6 Å². The van der Waals surface area contributed by atoms with Gasteiger partial charge in [-0.3, -0.25) is 9.59 Å². The van der Waals surface area contributed by atoms with E-state index in [1.54, 1.807) is 24.3 Å². The number of hydrogen-bond donors (Lipinski definition) is 2. The van der Waals surface area contributed by atoms with Crippen LogP contribution in [-0.2, 0) is 16.2 Å². The summed E-state index contributed by atoms with van der Waals surface area (Å²) < 4.78 is 12.0. The number of rotatable bonds is 10. The first-order valence-corrected chi connectivity index (χ1v) is 11.9. The summed E-state index contributed by atoms with van der Waals surface area (Å²) in [6.45, 7) is 2.09. The Labute approximate surface area is 218 Å². The third-order valence-corrected chi connectivity index (χ3v) is 5.75. The Bertz CT molecular complexity index is 1320. The largest absolute Gasteiger partial charge is 0.493 e. The Morgan fingerprint density at radius 2 is 1.81 bits per heavy atom. The van der Waals surface area contributed by atoms with Crippen LogP contribution in [0.2, 0.25) is 0 Å². The highest BCUT2D eigenvalue weighted by Crippen LogP contribution is 2.37. The van der Waals surface area contributed by atoms with Crippen LogP contribution in [0, 0.1) is 18.3 Å². The minimum absolute atomic E-state index is 0.000973. The van der Waals surface area contributed by atoms with Gasteiger partial charge in [0.25, 0.3) is 0 Å². The van der Waals surface area contributed by atoms with Crippen LogP contribution in [0.1, 0.15) is 35.1 Å². The number of hydrazone groups is 1. The standard InChI is InChI=1S/C27H25BrN4O4/c1-18-7-3-6-10-23(18)31-25(33)11-12-26(34)32-30-16-19-13-22(28)27(24(14-19)35-2)36-17-21-9-5-4-8-20(21)15-29/h3-10,13-14,16H,11-12,17H2,1-2H3,(H,31,33)(H,32,34). The number of ether oxygens (including phenoxy) is 2. The zero-order chi connectivity index (χ0) is 25.9. The quantitative estimate of drug-likeness (QED) is 0.270. The van der Waals surface area contributed by atoms with Crippen LogP contribution in [0.15, 0.2) is 70.2 Å². The molecular weight excluding hydrogens is 524 g/mol. The van der Waals surface area contributed by atoms with Crippen LogP contribution >= 0.6 is 15.9 Å². The predicted molar refractivity (Wildman–Crippen MR) is 141 cm³/mol. The predicted octanol–water partition coefficient (Wildman–Crippen LogP) is 5.09. The Kier molecular flexibility index (Phi) is 9.60. The van der Waals surface area contributed by atoms with Gasteiger partial charge in [0.15, 0.2) is 11.5 Å². The van der Waals surface area contributed by atoms with Crippen molar-refractivity contribution in [3.63, 3.8) is 0 Å². The molecule has 0 aliphatic carbocycles. The fourth-order valence-electron chi connectivity index (χ4n) is 3.25. The molecule has 0 spiro atoms. The van der Waals surface area contributed by atoms with Gasteiger partial charge in [-0.2, -0.15) is 10.4 Å². The fraction of sp³-hybridized carbons (Fsp3) is 0.185. The van der Waals surface area contributed by atoms with E-state index in [0.29, 0.717) is 27.1 Å². The van der Waals surface area contributed by atoms with E-state index in [4.69, 9.17) is 9.47 Å². The third-order valence-electron chi connectivity index (χ3n) is 5.16. The van der Waals surface area contributed by atoms with Gasteiger partial charge < -0.3 is 14.8 Å². The number of amides is 2. The molecule has 3 aromatic carbocycles. The lowest BCUT2D eigenvalue weighted by molar-refractivity contribution is -0.124. The summed E-state index contributed by atoms with van der Waals surface area (Å²) in [6, 6.07) is 20.3. The summed E-state index contributed by atoms with van der Waals surface area (Å²) in [5.41, 5.74) is 6.05. The highest BCUT2D eigenvalue weighted by atomic mass is 79.9. The minimum Gasteiger partial charge on any atom is -0.493 e. The van der Waals surface area contributed by atoms with E-state index in [1.165, 1.54) is 13.3 Å². The molecule has 2 N–H and O–H groups in total. The van der Waals surface area contributed by atoms with E-state index in [9.17, 15) is 14.9 Å². The second-order valence-corrected chi connectivity index (χ2v) is 8.60. The molecular formula is C27H25BrN4O4. The van der Waals surface area contributed by atoms with Crippen LogP contribution in [0.3, 0.4) is 0 Å². The molecule has 0 fully saturated rings. The molecule has 0 aromatic heterocycles. The van der Waals surface area contributed by atoms with Gasteiger partial charge in [-0.25, -0.2) is 5.43 Å². The number of halogens is 1. The normalized spacial score (nSPS) is 10.5. The molecule has 0 aliphatic heterocycles. The maximum Gasteiger partial charge on any atom is 0.240 e. The average Bonchev–Trinajstić information content (AvgIpc) is 2.88. The molecule has 3 rings (SSSR count). The first-order valence-electron chi connectivity index (χ1n) is 11.1. The van der Waals surface area contributed by atoms with Gasteiger partial charge in [0, 0.05) is 24.1 Å². The van der Waals surface area contributed by atoms with Gasteiger partial charge in [-0.15, -0.1) is 0 Å². The molecule has 0 unspecified atom stereocenters. The summed E-state index contributed by atoms with van der Waals surface area (Å²) >= 11 is 3.48. The fourth-order valence-corrected chi connectivity index (χ4v) is 3.82. The number of nitrogens with zero attached hydrogens (tertiary/aromatic N) is 2. The van der Waals surface area contributed by atoms with Gasteiger partial charge in [0.1, 0.15) is 6.61 Å². The Balaban J connectivity index is 1.54. The van der Waals surface area contributed by atoms with Crippen LogP contribution in [-0.4, -0.2) is 25.1 Å². The topological polar surface area (TPSA) is 113 Å². The van der Waals surface area contributed by atoms with E-state index in [1.807, 2.05) is 43.3 Å². The number of hydrogen-bond acceptors (Lipinski definition) is 6. The third kappa shape index (κ3) is 7.42. The second-order valence-electron chi connectivity index (χ2n) is 7.75. The van der Waals surface area contributed by atoms with Crippen molar-refractivity contribution in [3.05, 3.63) is 87.4 Å². The lowest BCUT2D eigenvalue weighted by Gasteiger charge is -2.14. The number of benzene rings is 3. The molecule has 0 radical (unpaired) electrons. The first kappa shape index (κ1) is 26.4. The average molecular weight is 549 g/mol. The second kappa shape index (κ2) is 13.1. The summed E-state index contributed by atoms with van der Waals surface area (Å²) in [4.78, 5) is 24.2. The maximum atomic E-state index is 12.1. The van der Waals surface area contributed by atoms with Gasteiger partial charge in [-0.05, 0) is 58.2 Å². The Hall–Kier alpha value is -4.16. The summed E-state index contributed by atoms with van der Waals surface area (Å²) in [5, 5.41) is 16.0. The van der Waals surface area contributed by atoms with Crippen LogP contribution in [0.25, 0.3) is 0 Å². The number of methoxy groups -OCH3 is 1. The molecule has 184 valence electrons. The van der Waals surface area contributed by atoms with Crippen LogP contribution in [0.5, 0.6) is 11.5 Å². The molecule has 0 saturated carbocycles. The molecule has 36 heavy (non-hydrogen) atoms. The Morgan fingerprint density at radius 1 is 1.08 bits per heavy atom. The van der Waals surface area contributed by atoms with E-state index in [2.05, 4.69) is 37.8 Å². The van der Waals surface area contributed by atoms with Gasteiger partial charge in [-0.1, -0.05) is 36.4 Å². The molecule has 8 nitrogen and oxygen atoms in total. The van der Waals surface area contributed by atoms with Crippen molar-refractivity contribution in [2.75, 3.05) is 12.4 Å². The van der Waals surface area contributed by atoms with Crippen molar-refractivity contribution in [2.45, 2.75) is 26.4 Å². The van der Waals surface area contributed by atoms with Gasteiger partial charge in [0.2, 0.25) is 11.8 Å². The van der Waals surface area contributed by atoms with Crippen molar-refractivity contribution in [1.29, 1.82) is 5.26 Å². The zero-order valence-corrected chi connectivity index (χ0v) is 21.5. The smallest absolute Gasteiger partial charge is 0.240 e. The molecule has 9 heteroatoms. The maximum absolute atomic E-state index is 12.1. The molecule has 3 aromatic rings. The lowest BCUT2D eigenvalue weighted by Crippen LogP contribution is -2.20. The highest BCUT2D eigenvalue weighted by molar-refractivity contribution is 9.10. The first-order chi connectivity index (χ1) is 17.4. The van der Waals surface area contributed by atoms with Crippen molar-refractivity contribution in [3.8, 4) is 17.6 Å². The van der Waals surface area contributed by atoms with Crippen molar-refractivity contribution in [2.24, 2.45) is 5.10 Å². The lowest BCUT2D eigenvalue weighted by atomic mass is 10.1. The summed E-state index contributed by atoms with van der Waals surface area (Å²) in [6.07, 6.45) is 1.50. The van der Waals surface area contributed by atoms with E-state index in [0.717, 1.165) is 16.8 Å². The molecule has 0 aliphatic rings. The highest BCUT2D eigenvalue weighted by Gasteiger charge is 2.13. The molecule has 0 saturated heterocycles. The SMILES string of the molecule is COc1cc(C=NNC(=O)CCC(=O)Nc2ccccc2C)cc(Br)c1OCc1ccccc1C#N. The van der Waals surface area contributed by atoms with E-state index >= 15 is 0 Å². The van der Waals surface area contributed by atoms with Crippen molar-refractivity contribution in [1.82, 2.24) is 5.43 Å². The number of para-hydroxylation sites is 1. The number of carbonyl (C=O) groups excluding carboxylic acids is 2. The number of nitriles is 1. The van der Waals surface area contributed by atoms with E-state index in [-0.39, 0.29) is 31.3 Å². The number of carbonyl (C=O) groups is 2. The molecule has 2 amide bonds. The van der Waals surface area contributed by atoms with Gasteiger partial charge in [0.05, 0.1) is 29.4 Å². The van der Waals surface area contributed by atoms with Crippen LogP contribution in [0.4, 0.5) is 5.69 Å². The minimum atomic E-state index is -0.381. The molecule has 0 atom stereocenters. The summed E-state index contributed by atoms with van der Waals surface area (Å²) in [7, 11) is 1.52. The number of nitrogens with one attached hydrogen (secondary N) is 2. The monoisotopic (exact) mass is 548 g/mol. The molecule has 0 heterocycles. The van der Waals surface area contributed by atoms with Crippen LogP contribution < -0.4 is 20.2 Å². The van der Waals surface area contributed by atoms with Crippen molar-refractivity contribution < 1.29 is 19.1 Å². The summed E-state index contributed by atoms with van der Waals surface area (Å²) in [5.74, 6) is 0.309. The van der Waals surface area contributed by atoms with Gasteiger partial charge >= 0.3 is 0 Å². The molecule has 0 bridgehead atoms. The zero-order valence-electron chi connectivity index (χ0n) is 19.9. The Morgan fingerprint density at radius 3 is 2.56 bits per heavy atom. The van der Waals surface area contributed by atoms with E-state index < -0.39 is 0 Å². The number of anilines is 1. The number of aryl methyl sites for hydroxylation is 1.